The number of rotatable bonds is 9. The summed E-state index contributed by atoms with van der Waals surface area (Å²) in [7, 11) is 0. The fraction of sp³-hybridized carbons (Fsp3) is 0.556. The lowest BCUT2D eigenvalue weighted by molar-refractivity contribution is -0.137. The van der Waals surface area contributed by atoms with Crippen LogP contribution in [0.3, 0.4) is 0 Å². The molecule has 0 spiro atoms. The van der Waals surface area contributed by atoms with Gasteiger partial charge in [-0.3, -0.25) is 9.59 Å². The molecule has 1 N–H and O–H groups in total. The minimum atomic E-state index is -0.670. The Morgan fingerprint density at radius 2 is 1.62 bits per heavy atom. The maximum atomic E-state index is 10.3. The zero-order chi connectivity index (χ0) is 15.9. The highest BCUT2D eigenvalue weighted by Gasteiger charge is 1.94. The largest absolute Gasteiger partial charge is 0.481 e. The molecule has 21 heavy (non-hydrogen) atoms. The average Bonchev–Trinajstić information content (AvgIpc) is 2.48. The van der Waals surface area contributed by atoms with Crippen LogP contribution >= 0.6 is 0 Å². The molecule has 0 heterocycles. The Hall–Kier alpha value is -1.64. The third kappa shape index (κ3) is 11.9. The lowest BCUT2D eigenvalue weighted by Crippen LogP contribution is -1.93. The van der Waals surface area contributed by atoms with E-state index < -0.39 is 5.97 Å². The minimum absolute atomic E-state index is 0.337. The number of benzene rings is 1. The molecule has 0 fully saturated rings. The van der Waals surface area contributed by atoms with Crippen molar-refractivity contribution in [3.8, 4) is 0 Å². The van der Waals surface area contributed by atoms with Crippen LogP contribution in [0.25, 0.3) is 0 Å². The van der Waals surface area contributed by atoms with Gasteiger partial charge in [0, 0.05) is 12.0 Å². The van der Waals surface area contributed by atoms with Gasteiger partial charge in [0.05, 0.1) is 0 Å². The van der Waals surface area contributed by atoms with Crippen LogP contribution in [0.15, 0.2) is 24.3 Å². The Balaban J connectivity index is 0.000000384. The van der Waals surface area contributed by atoms with Crippen molar-refractivity contribution in [2.45, 2.75) is 65.2 Å². The summed E-state index contributed by atoms with van der Waals surface area (Å²) in [5, 5.41) is 8.27. The molecule has 0 atom stereocenters. The first-order valence-electron chi connectivity index (χ1n) is 7.89. The van der Waals surface area contributed by atoms with Crippen molar-refractivity contribution < 1.29 is 14.7 Å². The average molecular weight is 292 g/mol. The van der Waals surface area contributed by atoms with Crippen LogP contribution in [0.1, 0.15) is 74.7 Å². The predicted octanol–water partition coefficient (Wildman–Crippen LogP) is 4.88. The molecule has 3 nitrogen and oxygen atoms in total. The van der Waals surface area contributed by atoms with Gasteiger partial charge in [-0.05, 0) is 18.4 Å². The maximum Gasteiger partial charge on any atom is 0.303 e. The second-order valence-corrected chi connectivity index (χ2v) is 5.17. The van der Waals surface area contributed by atoms with Crippen molar-refractivity contribution >= 4 is 12.3 Å². The van der Waals surface area contributed by atoms with Gasteiger partial charge in [0.25, 0.3) is 0 Å². The van der Waals surface area contributed by atoms with Crippen molar-refractivity contribution in [2.24, 2.45) is 0 Å². The summed E-state index contributed by atoms with van der Waals surface area (Å²) >= 11 is 0. The highest BCUT2D eigenvalue weighted by Crippen LogP contribution is 2.05. The minimum Gasteiger partial charge on any atom is -0.481 e. The molecular weight excluding hydrogens is 264 g/mol. The molecule has 3 heteroatoms. The molecule has 0 radical (unpaired) electrons. The van der Waals surface area contributed by atoms with Crippen LogP contribution in [-0.4, -0.2) is 17.4 Å². The van der Waals surface area contributed by atoms with E-state index in [4.69, 9.17) is 5.11 Å². The lowest BCUT2D eigenvalue weighted by Gasteiger charge is -1.96. The monoisotopic (exact) mass is 292 g/mol. The van der Waals surface area contributed by atoms with Crippen molar-refractivity contribution in [1.29, 1.82) is 0 Å². The zero-order valence-corrected chi connectivity index (χ0v) is 13.3. The molecule has 0 aliphatic rings. The highest BCUT2D eigenvalue weighted by molar-refractivity contribution is 5.74. The Labute approximate surface area is 128 Å². The van der Waals surface area contributed by atoms with E-state index in [1.807, 2.05) is 24.3 Å². The molecule has 0 saturated heterocycles. The van der Waals surface area contributed by atoms with Crippen molar-refractivity contribution in [1.82, 2.24) is 0 Å². The van der Waals surface area contributed by atoms with Crippen LogP contribution in [0.2, 0.25) is 0 Å². The third-order valence-corrected chi connectivity index (χ3v) is 3.15. The Morgan fingerprint density at radius 1 is 1.00 bits per heavy atom. The van der Waals surface area contributed by atoms with E-state index in [0.29, 0.717) is 6.42 Å². The molecule has 1 rings (SSSR count). The summed E-state index contributed by atoms with van der Waals surface area (Å²) in [5.74, 6) is -0.670. The summed E-state index contributed by atoms with van der Waals surface area (Å²) in [6.07, 6.45) is 9.00. The van der Waals surface area contributed by atoms with Gasteiger partial charge >= 0.3 is 5.97 Å². The smallest absolute Gasteiger partial charge is 0.303 e. The van der Waals surface area contributed by atoms with Gasteiger partial charge in [-0.15, -0.1) is 0 Å². The Kier molecular flexibility index (Phi) is 12.3. The van der Waals surface area contributed by atoms with Crippen LogP contribution < -0.4 is 0 Å². The molecule has 0 unspecified atom stereocenters. The van der Waals surface area contributed by atoms with Gasteiger partial charge < -0.3 is 5.11 Å². The van der Waals surface area contributed by atoms with E-state index in [1.54, 1.807) is 0 Å². The second kappa shape index (κ2) is 13.3. The van der Waals surface area contributed by atoms with Gasteiger partial charge in [0.1, 0.15) is 6.29 Å². The SMILES string of the molecule is CCCCCCCC(=O)O.CCCc1ccc(C=O)cc1. The normalized spacial score (nSPS) is 9.62. The number of hydrogen-bond donors (Lipinski definition) is 1. The fourth-order valence-electron chi connectivity index (χ4n) is 1.93. The molecule has 0 aliphatic heterocycles. The zero-order valence-electron chi connectivity index (χ0n) is 13.3. The summed E-state index contributed by atoms with van der Waals surface area (Å²) in [5.41, 5.74) is 2.06. The maximum absolute atomic E-state index is 10.3. The number of carboxylic acid groups (broad SMARTS) is 1. The Morgan fingerprint density at radius 3 is 2.10 bits per heavy atom. The number of aliphatic carboxylic acids is 1. The van der Waals surface area contributed by atoms with E-state index in [2.05, 4.69) is 13.8 Å². The van der Waals surface area contributed by atoms with Crippen LogP contribution in [0.5, 0.6) is 0 Å². The second-order valence-electron chi connectivity index (χ2n) is 5.17. The topological polar surface area (TPSA) is 54.4 Å². The summed E-state index contributed by atoms with van der Waals surface area (Å²) in [6.45, 7) is 4.30. The standard InChI is InChI=1S/C10H12O.C8H16O2/c1-2-3-9-4-6-10(8-11)7-5-9;1-2-3-4-5-6-7-8(9)10/h4-8H,2-3H2,1H3;2-7H2,1H3,(H,9,10). The first-order valence-corrected chi connectivity index (χ1v) is 7.89. The third-order valence-electron chi connectivity index (χ3n) is 3.15. The predicted molar refractivity (Wildman–Crippen MR) is 86.8 cm³/mol. The number of unbranched alkanes of at least 4 members (excludes halogenated alkanes) is 4. The van der Waals surface area contributed by atoms with Crippen molar-refractivity contribution in [2.75, 3.05) is 0 Å². The van der Waals surface area contributed by atoms with E-state index in [-0.39, 0.29) is 0 Å². The van der Waals surface area contributed by atoms with Crippen LogP contribution in [0, 0.1) is 0 Å². The van der Waals surface area contributed by atoms with Gasteiger partial charge in [0.2, 0.25) is 0 Å². The number of aryl methyl sites for hydroxylation is 1. The Bertz CT molecular complexity index is 382. The first-order chi connectivity index (χ1) is 10.1. The van der Waals surface area contributed by atoms with Gasteiger partial charge in [0.15, 0.2) is 0 Å². The van der Waals surface area contributed by atoms with E-state index in [9.17, 15) is 9.59 Å². The van der Waals surface area contributed by atoms with Gasteiger partial charge in [-0.25, -0.2) is 0 Å². The summed E-state index contributed by atoms with van der Waals surface area (Å²) in [6, 6.07) is 7.73. The van der Waals surface area contributed by atoms with Crippen molar-refractivity contribution in [3.63, 3.8) is 0 Å². The molecule has 0 bridgehead atoms. The molecular formula is C18H28O3. The van der Waals surface area contributed by atoms with Crippen LogP contribution in [-0.2, 0) is 11.2 Å². The number of carbonyl (C=O) groups excluding carboxylic acids is 1. The van der Waals surface area contributed by atoms with E-state index in [0.717, 1.165) is 37.5 Å². The fourth-order valence-corrected chi connectivity index (χ4v) is 1.93. The molecule has 0 aromatic heterocycles. The lowest BCUT2D eigenvalue weighted by atomic mass is 10.1. The van der Waals surface area contributed by atoms with Crippen molar-refractivity contribution in [3.05, 3.63) is 35.4 Å². The molecule has 0 saturated carbocycles. The summed E-state index contributed by atoms with van der Waals surface area (Å²) < 4.78 is 0. The summed E-state index contributed by atoms with van der Waals surface area (Å²) in [4.78, 5) is 20.3. The quantitative estimate of drug-likeness (QED) is 0.521. The molecule has 118 valence electrons. The van der Waals surface area contributed by atoms with Gasteiger partial charge in [-0.2, -0.15) is 0 Å². The number of carboxylic acids is 1. The number of carbonyl (C=O) groups is 2. The molecule has 0 aliphatic carbocycles. The highest BCUT2D eigenvalue weighted by atomic mass is 16.4. The first kappa shape index (κ1) is 19.4. The number of hydrogen-bond acceptors (Lipinski definition) is 2. The van der Waals surface area contributed by atoms with Crippen LogP contribution in [0.4, 0.5) is 0 Å². The molecule has 1 aromatic rings. The van der Waals surface area contributed by atoms with Gasteiger partial charge in [-0.1, -0.05) is 70.2 Å². The molecule has 0 amide bonds. The van der Waals surface area contributed by atoms with E-state index in [1.165, 1.54) is 24.8 Å². The van der Waals surface area contributed by atoms with E-state index >= 15 is 0 Å². The number of aldehydes is 1. The molecule has 1 aromatic carbocycles.